The minimum atomic E-state index is -1.46. The number of hydrogen-bond acceptors (Lipinski definition) is 7. The summed E-state index contributed by atoms with van der Waals surface area (Å²) < 4.78 is 12.4. The van der Waals surface area contributed by atoms with E-state index in [1.165, 1.54) is 0 Å². The van der Waals surface area contributed by atoms with E-state index in [1.807, 2.05) is 109 Å². The molecule has 0 unspecified atom stereocenters. The zero-order chi connectivity index (χ0) is 33.9. The van der Waals surface area contributed by atoms with E-state index in [4.69, 9.17) is 19.6 Å². The first-order valence-electron chi connectivity index (χ1n) is 16.0. The number of aliphatic hydroxyl groups excluding tert-OH is 1. The SMILES string of the molecule is [N-]=[N+]=Nc1ccccc1C[C@@]1(C(=O)NCc2ccccc2Sc2ccccc2)N=C(c2ccc(OCCCO)cc2)O[C@@H]1c1ccccc1. The number of nitrogens with zero attached hydrogens (tertiary/aromatic N) is 4. The molecule has 0 spiro atoms. The van der Waals surface area contributed by atoms with Crippen LogP contribution in [0.25, 0.3) is 10.4 Å². The molecule has 0 saturated heterocycles. The van der Waals surface area contributed by atoms with Crippen LogP contribution in [0.4, 0.5) is 5.69 Å². The van der Waals surface area contributed by atoms with Crippen LogP contribution in [0.2, 0.25) is 0 Å². The number of ether oxygens (including phenoxy) is 2. The molecule has 246 valence electrons. The monoisotopic (exact) mass is 669 g/mol. The van der Waals surface area contributed by atoms with Gasteiger partial charge in [-0.15, -0.1) is 0 Å². The van der Waals surface area contributed by atoms with E-state index >= 15 is 0 Å². The van der Waals surface area contributed by atoms with E-state index in [0.717, 1.165) is 20.9 Å². The Kier molecular flexibility index (Phi) is 10.9. The molecule has 0 fully saturated rings. The van der Waals surface area contributed by atoms with Gasteiger partial charge in [0.15, 0.2) is 11.6 Å². The number of carbonyl (C=O) groups excluding carboxylic acids is 1. The van der Waals surface area contributed by atoms with Gasteiger partial charge in [0.2, 0.25) is 5.90 Å². The van der Waals surface area contributed by atoms with Crippen LogP contribution in [-0.2, 0) is 22.5 Å². The molecule has 1 aliphatic heterocycles. The lowest BCUT2D eigenvalue weighted by Gasteiger charge is -2.31. The molecule has 49 heavy (non-hydrogen) atoms. The zero-order valence-corrected chi connectivity index (χ0v) is 27.5. The number of nitrogens with one attached hydrogen (secondary N) is 1. The predicted molar refractivity (Wildman–Crippen MR) is 191 cm³/mol. The number of azide groups is 1. The minimum Gasteiger partial charge on any atom is -0.494 e. The second-order valence-corrected chi connectivity index (χ2v) is 12.5. The van der Waals surface area contributed by atoms with Crippen molar-refractivity contribution >= 4 is 29.3 Å². The van der Waals surface area contributed by atoms with Gasteiger partial charge >= 0.3 is 0 Å². The Hall–Kier alpha value is -5.54. The first-order valence-corrected chi connectivity index (χ1v) is 16.8. The normalized spacial score (nSPS) is 16.6. The molecule has 5 aromatic carbocycles. The number of aliphatic hydroxyl groups is 1. The van der Waals surface area contributed by atoms with Gasteiger partial charge in [-0.1, -0.05) is 108 Å². The summed E-state index contributed by atoms with van der Waals surface area (Å²) in [6, 6.07) is 42.2. The molecular weight excluding hydrogens is 635 g/mol. The summed E-state index contributed by atoms with van der Waals surface area (Å²) in [5.41, 5.74) is 11.4. The fourth-order valence-electron chi connectivity index (χ4n) is 5.70. The van der Waals surface area contributed by atoms with Crippen molar-refractivity contribution in [2.45, 2.75) is 40.8 Å². The van der Waals surface area contributed by atoms with Gasteiger partial charge in [0, 0.05) is 51.9 Å². The summed E-state index contributed by atoms with van der Waals surface area (Å²) in [7, 11) is 0. The van der Waals surface area contributed by atoms with Gasteiger partial charge in [0.05, 0.1) is 6.61 Å². The Bertz CT molecular complexity index is 1950. The molecular formula is C39H35N5O4S. The molecule has 9 nitrogen and oxygen atoms in total. The van der Waals surface area contributed by atoms with Crippen LogP contribution in [-0.4, -0.2) is 35.7 Å². The fraction of sp³-hybridized carbons (Fsp3) is 0.179. The highest BCUT2D eigenvalue weighted by atomic mass is 32.2. The summed E-state index contributed by atoms with van der Waals surface area (Å²) in [5, 5.41) is 16.2. The summed E-state index contributed by atoms with van der Waals surface area (Å²) >= 11 is 1.64. The summed E-state index contributed by atoms with van der Waals surface area (Å²) in [6.45, 7) is 0.707. The third-order valence-corrected chi connectivity index (χ3v) is 9.25. The lowest BCUT2D eigenvalue weighted by Crippen LogP contribution is -2.49. The van der Waals surface area contributed by atoms with Crippen LogP contribution in [0.1, 0.15) is 34.8 Å². The molecule has 1 heterocycles. The summed E-state index contributed by atoms with van der Waals surface area (Å²) in [6.07, 6.45) is -0.155. The maximum Gasteiger partial charge on any atom is 0.252 e. The molecule has 6 rings (SSSR count). The van der Waals surface area contributed by atoms with Crippen LogP contribution in [0.3, 0.4) is 0 Å². The molecule has 2 atom stereocenters. The number of amides is 1. The van der Waals surface area contributed by atoms with Crippen LogP contribution >= 0.6 is 11.8 Å². The van der Waals surface area contributed by atoms with Crippen molar-refractivity contribution in [2.24, 2.45) is 10.1 Å². The van der Waals surface area contributed by atoms with Crippen LogP contribution in [0.5, 0.6) is 5.75 Å². The lowest BCUT2D eigenvalue weighted by molar-refractivity contribution is -0.129. The highest BCUT2D eigenvalue weighted by Gasteiger charge is 2.53. The van der Waals surface area contributed by atoms with Crippen molar-refractivity contribution in [1.82, 2.24) is 5.32 Å². The van der Waals surface area contributed by atoms with Gasteiger partial charge in [-0.25, -0.2) is 4.99 Å². The predicted octanol–water partition coefficient (Wildman–Crippen LogP) is 8.36. The lowest BCUT2D eigenvalue weighted by atomic mass is 9.81. The van der Waals surface area contributed by atoms with Crippen molar-refractivity contribution in [3.63, 3.8) is 0 Å². The molecule has 1 amide bonds. The average Bonchev–Trinajstić information content (AvgIpc) is 3.53. The number of aliphatic imine (C=N–C) groups is 1. The van der Waals surface area contributed by atoms with E-state index in [2.05, 4.69) is 27.5 Å². The maximum absolute atomic E-state index is 14.8. The molecule has 2 N–H and O–H groups in total. The molecule has 0 saturated carbocycles. The van der Waals surface area contributed by atoms with Gasteiger partial charge in [-0.3, -0.25) is 4.79 Å². The van der Waals surface area contributed by atoms with E-state index < -0.39 is 11.6 Å². The topological polar surface area (TPSA) is 129 Å². The molecule has 0 radical (unpaired) electrons. The Morgan fingerprint density at radius 2 is 1.57 bits per heavy atom. The van der Waals surface area contributed by atoms with Crippen molar-refractivity contribution in [3.05, 3.63) is 166 Å². The smallest absolute Gasteiger partial charge is 0.252 e. The quantitative estimate of drug-likeness (QED) is 0.0531. The van der Waals surface area contributed by atoms with Crippen molar-refractivity contribution in [1.29, 1.82) is 0 Å². The second kappa shape index (κ2) is 16.0. The van der Waals surface area contributed by atoms with Gasteiger partial charge in [0.25, 0.3) is 5.91 Å². The molecule has 0 aromatic heterocycles. The second-order valence-electron chi connectivity index (χ2n) is 11.4. The number of benzene rings is 5. The van der Waals surface area contributed by atoms with E-state index in [-0.39, 0.29) is 25.5 Å². The molecule has 1 aliphatic rings. The molecule has 0 aliphatic carbocycles. The average molecular weight is 670 g/mol. The van der Waals surface area contributed by atoms with Crippen LogP contribution in [0.15, 0.2) is 153 Å². The highest BCUT2D eigenvalue weighted by Crippen LogP contribution is 2.44. The van der Waals surface area contributed by atoms with Crippen LogP contribution < -0.4 is 10.1 Å². The summed E-state index contributed by atoms with van der Waals surface area (Å²) in [4.78, 5) is 25.1. The summed E-state index contributed by atoms with van der Waals surface area (Å²) in [5.74, 6) is 0.637. The third-order valence-electron chi connectivity index (χ3n) is 8.12. The van der Waals surface area contributed by atoms with Gasteiger partial charge < -0.3 is 19.9 Å². The van der Waals surface area contributed by atoms with Crippen molar-refractivity contribution in [2.75, 3.05) is 13.2 Å². The molecule has 10 heteroatoms. The standard InChI is InChI=1S/C39H35N5O4S/c40-44-43-34-18-9-7-14-30(34)26-39(38(46)41-27-31-15-8-10-19-35(31)49-33-16-5-2-6-17-33)36(28-12-3-1-4-13-28)48-37(42-39)29-20-22-32(23-21-29)47-25-11-24-45/h1-10,12-23,36,45H,11,24-27H2,(H,41,46)/t36-,39-/m1/s1. The Morgan fingerprint density at radius 1 is 0.898 bits per heavy atom. The highest BCUT2D eigenvalue weighted by molar-refractivity contribution is 7.99. The fourth-order valence-corrected chi connectivity index (χ4v) is 6.67. The first-order chi connectivity index (χ1) is 24.1. The van der Waals surface area contributed by atoms with E-state index in [0.29, 0.717) is 41.5 Å². The Balaban J connectivity index is 1.39. The number of carbonyl (C=O) groups is 1. The van der Waals surface area contributed by atoms with Crippen LogP contribution in [0, 0.1) is 0 Å². The van der Waals surface area contributed by atoms with E-state index in [1.54, 1.807) is 23.9 Å². The van der Waals surface area contributed by atoms with Gasteiger partial charge in [-0.05, 0) is 64.7 Å². The van der Waals surface area contributed by atoms with Crippen molar-refractivity contribution in [3.8, 4) is 5.75 Å². The number of rotatable bonds is 14. The first kappa shape index (κ1) is 33.4. The largest absolute Gasteiger partial charge is 0.494 e. The zero-order valence-electron chi connectivity index (χ0n) is 26.7. The maximum atomic E-state index is 14.8. The molecule has 5 aromatic rings. The Morgan fingerprint density at radius 3 is 2.31 bits per heavy atom. The third kappa shape index (κ3) is 7.96. The van der Waals surface area contributed by atoms with Gasteiger partial charge in [-0.2, -0.15) is 0 Å². The Labute approximate surface area is 289 Å². The van der Waals surface area contributed by atoms with Crippen molar-refractivity contribution < 1.29 is 19.4 Å². The van der Waals surface area contributed by atoms with E-state index in [9.17, 15) is 10.3 Å². The number of hydrogen-bond donors (Lipinski definition) is 2. The van der Waals surface area contributed by atoms with Gasteiger partial charge in [0.1, 0.15) is 5.75 Å². The minimum absolute atomic E-state index is 0.0496. The molecule has 0 bridgehead atoms.